The lowest BCUT2D eigenvalue weighted by Gasteiger charge is -2.33. The van der Waals surface area contributed by atoms with Crippen molar-refractivity contribution in [3.63, 3.8) is 0 Å². The monoisotopic (exact) mass is 485 g/mol. The maximum Gasteiger partial charge on any atom is 0.267 e. The molecule has 0 radical (unpaired) electrons. The van der Waals surface area contributed by atoms with Gasteiger partial charge in [0.2, 0.25) is 0 Å². The van der Waals surface area contributed by atoms with E-state index >= 15 is 0 Å². The number of nitriles is 1. The first-order valence-electron chi connectivity index (χ1n) is 12.2. The number of anilines is 1. The predicted octanol–water partition coefficient (Wildman–Crippen LogP) is 3.13. The van der Waals surface area contributed by atoms with Crippen molar-refractivity contribution in [2.24, 2.45) is 5.92 Å². The minimum Gasteiger partial charge on any atom is -0.383 e. The smallest absolute Gasteiger partial charge is 0.267 e. The first kappa shape index (κ1) is 25.1. The highest BCUT2D eigenvalue weighted by Crippen LogP contribution is 2.27. The van der Waals surface area contributed by atoms with E-state index in [0.29, 0.717) is 24.0 Å². The second-order valence-corrected chi connectivity index (χ2v) is 9.08. The van der Waals surface area contributed by atoms with Crippen LogP contribution in [-0.4, -0.2) is 48.6 Å². The average molecular weight is 486 g/mol. The average Bonchev–Trinajstić information content (AvgIpc) is 2.90. The number of nitrogens with one attached hydrogen (secondary N) is 1. The van der Waals surface area contributed by atoms with Gasteiger partial charge in [-0.15, -0.1) is 0 Å². The van der Waals surface area contributed by atoms with Gasteiger partial charge in [0.05, 0.1) is 12.2 Å². The van der Waals surface area contributed by atoms with E-state index in [1.165, 1.54) is 23.1 Å². The molecular weight excluding hydrogens is 454 g/mol. The van der Waals surface area contributed by atoms with Gasteiger partial charge in [-0.3, -0.25) is 14.0 Å². The third-order valence-corrected chi connectivity index (χ3v) is 6.59. The van der Waals surface area contributed by atoms with Crippen molar-refractivity contribution in [3.8, 4) is 6.07 Å². The number of ether oxygens (including phenoxy) is 1. The molecule has 3 aromatic rings. The Bertz CT molecular complexity index is 1350. The van der Waals surface area contributed by atoms with Crippen LogP contribution in [0, 0.1) is 24.2 Å². The summed E-state index contributed by atoms with van der Waals surface area (Å²) in [6.45, 7) is 4.00. The first-order chi connectivity index (χ1) is 17.5. The number of rotatable bonds is 8. The van der Waals surface area contributed by atoms with Gasteiger partial charge < -0.3 is 15.0 Å². The summed E-state index contributed by atoms with van der Waals surface area (Å²) in [6, 6.07) is 16.1. The summed E-state index contributed by atoms with van der Waals surface area (Å²) in [4.78, 5) is 33.1. The first-order valence-corrected chi connectivity index (χ1v) is 12.2. The Morgan fingerprint density at radius 3 is 2.67 bits per heavy atom. The van der Waals surface area contributed by atoms with Gasteiger partial charge in [-0.25, -0.2) is 4.98 Å². The van der Waals surface area contributed by atoms with Crippen LogP contribution in [0.5, 0.6) is 0 Å². The zero-order valence-corrected chi connectivity index (χ0v) is 20.7. The largest absolute Gasteiger partial charge is 0.383 e. The number of fused-ring (bicyclic) bond motifs is 1. The number of amides is 1. The minimum atomic E-state index is -0.546. The van der Waals surface area contributed by atoms with Crippen LogP contribution in [0.4, 0.5) is 5.82 Å². The normalized spacial score (nSPS) is 14.6. The molecule has 1 fully saturated rings. The molecule has 0 spiro atoms. The zero-order valence-electron chi connectivity index (χ0n) is 20.7. The van der Waals surface area contributed by atoms with Crippen molar-refractivity contribution in [1.82, 2.24) is 14.7 Å². The number of nitrogens with zero attached hydrogens (tertiary/aromatic N) is 4. The second kappa shape index (κ2) is 11.6. The number of methoxy groups -OCH3 is 1. The van der Waals surface area contributed by atoms with Gasteiger partial charge in [-0.1, -0.05) is 36.4 Å². The van der Waals surface area contributed by atoms with Crippen LogP contribution in [0.1, 0.15) is 29.5 Å². The van der Waals surface area contributed by atoms with Crippen LogP contribution in [0.25, 0.3) is 11.7 Å². The highest BCUT2D eigenvalue weighted by molar-refractivity contribution is 6.02. The third-order valence-electron chi connectivity index (χ3n) is 6.59. The fourth-order valence-electron chi connectivity index (χ4n) is 4.62. The molecule has 1 aliphatic heterocycles. The van der Waals surface area contributed by atoms with Gasteiger partial charge in [0.15, 0.2) is 0 Å². The van der Waals surface area contributed by atoms with Crippen molar-refractivity contribution in [1.29, 1.82) is 5.26 Å². The molecule has 4 rings (SSSR count). The summed E-state index contributed by atoms with van der Waals surface area (Å²) in [7, 11) is 1.53. The molecule has 0 saturated carbocycles. The second-order valence-electron chi connectivity index (χ2n) is 9.08. The number of piperidine rings is 1. The molecule has 8 heteroatoms. The SMILES string of the molecule is COCCNC(=O)/C(C#N)=C/c1c(N2CCC(Cc3ccccc3)CC2)nc2c(C)cccn2c1=O. The predicted molar refractivity (Wildman–Crippen MR) is 140 cm³/mol. The van der Waals surface area contributed by atoms with Gasteiger partial charge >= 0.3 is 0 Å². The number of aromatic nitrogens is 2. The summed E-state index contributed by atoms with van der Waals surface area (Å²) in [5.74, 6) is 0.521. The van der Waals surface area contributed by atoms with Crippen molar-refractivity contribution in [2.45, 2.75) is 26.2 Å². The fourth-order valence-corrected chi connectivity index (χ4v) is 4.62. The third kappa shape index (κ3) is 5.64. The molecule has 1 aromatic carbocycles. The Morgan fingerprint density at radius 1 is 1.22 bits per heavy atom. The topological polar surface area (TPSA) is 99.7 Å². The molecule has 186 valence electrons. The van der Waals surface area contributed by atoms with Crippen LogP contribution in [0.2, 0.25) is 0 Å². The number of aryl methyl sites for hydroxylation is 1. The summed E-state index contributed by atoms with van der Waals surface area (Å²) in [5, 5.41) is 12.3. The van der Waals surface area contributed by atoms with Gasteiger partial charge in [0.1, 0.15) is 23.1 Å². The van der Waals surface area contributed by atoms with E-state index in [1.54, 1.807) is 12.3 Å². The van der Waals surface area contributed by atoms with Crippen LogP contribution >= 0.6 is 0 Å². The molecule has 0 unspecified atom stereocenters. The maximum absolute atomic E-state index is 13.6. The van der Waals surface area contributed by atoms with Crippen molar-refractivity contribution >= 4 is 23.4 Å². The molecule has 1 saturated heterocycles. The lowest BCUT2D eigenvalue weighted by atomic mass is 9.90. The molecular formula is C28H31N5O3. The molecule has 0 bridgehead atoms. The van der Waals surface area contributed by atoms with Crippen LogP contribution in [0.3, 0.4) is 0 Å². The Kier molecular flexibility index (Phi) is 8.13. The summed E-state index contributed by atoms with van der Waals surface area (Å²) in [6.07, 6.45) is 5.99. The van der Waals surface area contributed by atoms with E-state index in [0.717, 1.165) is 37.9 Å². The van der Waals surface area contributed by atoms with Crippen LogP contribution in [0.15, 0.2) is 59.0 Å². The van der Waals surface area contributed by atoms with E-state index < -0.39 is 5.91 Å². The van der Waals surface area contributed by atoms with Gasteiger partial charge in [-0.2, -0.15) is 5.26 Å². The standard InChI is InChI=1S/C28H31N5O3/c1-20-7-6-13-33-25(20)31-26(24(28(33)35)18-23(19-29)27(34)30-12-16-36-2)32-14-10-22(11-15-32)17-21-8-4-3-5-9-21/h3-9,13,18,22H,10-12,14-17H2,1-2H3,(H,30,34)/b23-18+. The molecule has 2 aromatic heterocycles. The highest BCUT2D eigenvalue weighted by Gasteiger charge is 2.25. The molecule has 1 amide bonds. The molecule has 3 heterocycles. The fraction of sp³-hybridized carbons (Fsp3) is 0.357. The molecule has 8 nitrogen and oxygen atoms in total. The molecule has 0 atom stereocenters. The number of benzene rings is 1. The van der Waals surface area contributed by atoms with Gasteiger partial charge in [0, 0.05) is 32.9 Å². The quantitative estimate of drug-likeness (QED) is 0.299. The van der Waals surface area contributed by atoms with Crippen LogP contribution in [-0.2, 0) is 16.0 Å². The highest BCUT2D eigenvalue weighted by atomic mass is 16.5. The van der Waals surface area contributed by atoms with E-state index in [4.69, 9.17) is 9.72 Å². The van der Waals surface area contributed by atoms with Gasteiger partial charge in [0.25, 0.3) is 11.5 Å². The Labute approximate surface area is 210 Å². The molecule has 1 N–H and O–H groups in total. The van der Waals surface area contributed by atoms with Crippen LogP contribution < -0.4 is 15.8 Å². The minimum absolute atomic E-state index is 0.141. The van der Waals surface area contributed by atoms with E-state index in [1.807, 2.05) is 25.1 Å². The molecule has 36 heavy (non-hydrogen) atoms. The lowest BCUT2D eigenvalue weighted by Crippen LogP contribution is -2.37. The van der Waals surface area contributed by atoms with E-state index in [9.17, 15) is 14.9 Å². The Hall–Kier alpha value is -3.96. The Balaban J connectivity index is 1.67. The Morgan fingerprint density at radius 2 is 1.97 bits per heavy atom. The maximum atomic E-state index is 13.6. The molecule has 0 aliphatic carbocycles. The van der Waals surface area contributed by atoms with Crippen molar-refractivity contribution in [2.75, 3.05) is 38.3 Å². The zero-order chi connectivity index (χ0) is 25.5. The van der Waals surface area contributed by atoms with Crippen molar-refractivity contribution < 1.29 is 9.53 Å². The number of hydrogen-bond acceptors (Lipinski definition) is 6. The molecule has 1 aliphatic rings. The number of carbonyl (C=O) groups excluding carboxylic acids is 1. The van der Waals surface area contributed by atoms with E-state index in [2.05, 4.69) is 34.5 Å². The van der Waals surface area contributed by atoms with Crippen molar-refractivity contribution in [3.05, 3.63) is 81.3 Å². The van der Waals surface area contributed by atoms with E-state index in [-0.39, 0.29) is 23.2 Å². The summed E-state index contributed by atoms with van der Waals surface area (Å²) < 4.78 is 6.44. The van der Waals surface area contributed by atoms with Gasteiger partial charge in [-0.05, 0) is 55.4 Å². The summed E-state index contributed by atoms with van der Waals surface area (Å²) in [5.41, 5.74) is 2.58. The summed E-state index contributed by atoms with van der Waals surface area (Å²) >= 11 is 0. The number of carbonyl (C=O) groups is 1. The lowest BCUT2D eigenvalue weighted by molar-refractivity contribution is -0.117. The number of pyridine rings is 1. The number of hydrogen-bond donors (Lipinski definition) is 1.